The number of benzene rings is 1. The van der Waals surface area contributed by atoms with Gasteiger partial charge in [0.05, 0.1) is 17.0 Å². The van der Waals surface area contributed by atoms with Crippen molar-refractivity contribution in [3.8, 4) is 6.07 Å². The number of nitrogens with one attached hydrogen (secondary N) is 1. The highest BCUT2D eigenvalue weighted by atomic mass is 32.2. The monoisotopic (exact) mass is 264 g/mol. The van der Waals surface area contributed by atoms with Gasteiger partial charge in [0.1, 0.15) is 6.07 Å². The van der Waals surface area contributed by atoms with Crippen LogP contribution in [-0.2, 0) is 9.53 Å². The molecule has 0 heterocycles. The first-order chi connectivity index (χ1) is 8.77. The van der Waals surface area contributed by atoms with E-state index in [1.165, 1.54) is 0 Å². The third-order valence-electron chi connectivity index (χ3n) is 2.19. The van der Waals surface area contributed by atoms with Crippen LogP contribution in [-0.4, -0.2) is 31.1 Å². The van der Waals surface area contributed by atoms with Gasteiger partial charge in [0.2, 0.25) is 5.91 Å². The van der Waals surface area contributed by atoms with E-state index in [4.69, 9.17) is 10.00 Å². The largest absolute Gasteiger partial charge is 0.385 e. The average Bonchev–Trinajstić information content (AvgIpc) is 2.39. The van der Waals surface area contributed by atoms with Crippen molar-refractivity contribution < 1.29 is 9.53 Å². The van der Waals surface area contributed by atoms with E-state index >= 15 is 0 Å². The number of amides is 1. The molecule has 0 saturated carbocycles. The molecule has 1 rings (SSSR count). The van der Waals surface area contributed by atoms with Gasteiger partial charge in [-0.05, 0) is 24.3 Å². The third kappa shape index (κ3) is 5.21. The zero-order chi connectivity index (χ0) is 13.2. The number of hydrogen-bond acceptors (Lipinski definition) is 4. The van der Waals surface area contributed by atoms with Gasteiger partial charge in [0, 0.05) is 13.7 Å². The summed E-state index contributed by atoms with van der Waals surface area (Å²) in [6.45, 7) is 0.714. The quantitative estimate of drug-likeness (QED) is 0.767. The highest BCUT2D eigenvalue weighted by Crippen LogP contribution is 2.14. The van der Waals surface area contributed by atoms with Gasteiger partial charge in [-0.2, -0.15) is 17.0 Å². The molecule has 0 aliphatic carbocycles. The molecule has 4 nitrogen and oxygen atoms in total. The third-order valence-corrected chi connectivity index (χ3v) is 3.24. The number of nitriles is 1. The van der Waals surface area contributed by atoms with Crippen molar-refractivity contribution in [3.63, 3.8) is 0 Å². The molecular formula is C13H16N2O2S. The van der Waals surface area contributed by atoms with Gasteiger partial charge in [-0.3, -0.25) is 4.79 Å². The maximum atomic E-state index is 11.6. The summed E-state index contributed by atoms with van der Waals surface area (Å²) in [7, 11) is 1.66. The lowest BCUT2D eigenvalue weighted by atomic mass is 10.2. The number of rotatable bonds is 7. The van der Waals surface area contributed by atoms with E-state index in [0.717, 1.165) is 12.2 Å². The summed E-state index contributed by atoms with van der Waals surface area (Å²) < 4.78 is 4.92. The predicted octanol–water partition coefficient (Wildman–Crippen LogP) is 2.27. The van der Waals surface area contributed by atoms with Crippen molar-refractivity contribution in [3.05, 3.63) is 29.8 Å². The Hall–Kier alpha value is -1.51. The van der Waals surface area contributed by atoms with Crippen molar-refractivity contribution in [2.24, 2.45) is 0 Å². The number of methoxy groups -OCH3 is 1. The summed E-state index contributed by atoms with van der Waals surface area (Å²) in [5, 5.41) is 11.6. The number of thioether (sulfide) groups is 1. The molecule has 0 radical (unpaired) electrons. The molecule has 1 aromatic rings. The Morgan fingerprint density at radius 2 is 2.28 bits per heavy atom. The van der Waals surface area contributed by atoms with Gasteiger partial charge < -0.3 is 10.1 Å². The lowest BCUT2D eigenvalue weighted by molar-refractivity contribution is -0.113. The number of anilines is 1. The Balaban J connectivity index is 2.34. The smallest absolute Gasteiger partial charge is 0.234 e. The fourth-order valence-electron chi connectivity index (χ4n) is 1.35. The van der Waals surface area contributed by atoms with Crippen LogP contribution >= 0.6 is 11.8 Å². The van der Waals surface area contributed by atoms with Gasteiger partial charge in [0.15, 0.2) is 0 Å². The maximum absolute atomic E-state index is 11.6. The molecule has 1 amide bonds. The van der Waals surface area contributed by atoms with Gasteiger partial charge in [-0.1, -0.05) is 12.1 Å². The zero-order valence-corrected chi connectivity index (χ0v) is 11.1. The summed E-state index contributed by atoms with van der Waals surface area (Å²) in [6.07, 6.45) is 0.934. The van der Waals surface area contributed by atoms with Gasteiger partial charge in [-0.15, -0.1) is 0 Å². The lowest BCUT2D eigenvalue weighted by Gasteiger charge is -2.06. The Morgan fingerprint density at radius 3 is 3.00 bits per heavy atom. The minimum Gasteiger partial charge on any atom is -0.385 e. The first-order valence-corrected chi connectivity index (χ1v) is 6.79. The molecular weight excluding hydrogens is 248 g/mol. The SMILES string of the molecule is COCCCSCC(=O)Nc1ccccc1C#N. The minimum atomic E-state index is -0.0832. The van der Waals surface area contributed by atoms with Crippen LogP contribution < -0.4 is 5.32 Å². The molecule has 0 fully saturated rings. The van der Waals surface area contributed by atoms with Crippen molar-refractivity contribution in [1.82, 2.24) is 0 Å². The van der Waals surface area contributed by atoms with Crippen LogP contribution in [0.5, 0.6) is 0 Å². The number of carbonyl (C=O) groups is 1. The second-order valence-corrected chi connectivity index (χ2v) is 4.71. The fourth-order valence-corrected chi connectivity index (χ4v) is 2.07. The molecule has 1 aromatic carbocycles. The fraction of sp³-hybridized carbons (Fsp3) is 0.385. The first kappa shape index (κ1) is 14.6. The molecule has 18 heavy (non-hydrogen) atoms. The van der Waals surface area contributed by atoms with Crippen LogP contribution in [0, 0.1) is 11.3 Å². The molecule has 0 aliphatic heterocycles. The van der Waals surface area contributed by atoms with E-state index in [0.29, 0.717) is 23.6 Å². The molecule has 1 N–H and O–H groups in total. The molecule has 0 aliphatic rings. The first-order valence-electron chi connectivity index (χ1n) is 5.63. The van der Waals surface area contributed by atoms with E-state index in [1.54, 1.807) is 43.1 Å². The second kappa shape index (κ2) is 8.56. The molecule has 0 spiro atoms. The van der Waals surface area contributed by atoms with Gasteiger partial charge in [0.25, 0.3) is 0 Å². The van der Waals surface area contributed by atoms with Crippen LogP contribution in [0.4, 0.5) is 5.69 Å². The van der Waals surface area contributed by atoms with Gasteiger partial charge in [-0.25, -0.2) is 0 Å². The van der Waals surface area contributed by atoms with Crippen molar-refractivity contribution >= 4 is 23.4 Å². The maximum Gasteiger partial charge on any atom is 0.234 e. The van der Waals surface area contributed by atoms with Crippen molar-refractivity contribution in [1.29, 1.82) is 5.26 Å². The van der Waals surface area contributed by atoms with Crippen LogP contribution in [0.15, 0.2) is 24.3 Å². The number of ether oxygens (including phenoxy) is 1. The lowest BCUT2D eigenvalue weighted by Crippen LogP contribution is -2.15. The van der Waals surface area contributed by atoms with Crippen LogP contribution in [0.2, 0.25) is 0 Å². The topological polar surface area (TPSA) is 62.1 Å². The Morgan fingerprint density at radius 1 is 1.50 bits per heavy atom. The summed E-state index contributed by atoms with van der Waals surface area (Å²) in [6, 6.07) is 9.02. The van der Waals surface area contributed by atoms with E-state index < -0.39 is 0 Å². The van der Waals surface area contributed by atoms with Crippen LogP contribution in [0.1, 0.15) is 12.0 Å². The van der Waals surface area contributed by atoms with E-state index in [1.807, 2.05) is 6.07 Å². The van der Waals surface area contributed by atoms with Crippen molar-refractivity contribution in [2.45, 2.75) is 6.42 Å². The highest BCUT2D eigenvalue weighted by molar-refractivity contribution is 7.99. The van der Waals surface area contributed by atoms with Crippen LogP contribution in [0.25, 0.3) is 0 Å². The molecule has 96 valence electrons. The second-order valence-electron chi connectivity index (χ2n) is 3.60. The summed E-state index contributed by atoms with van der Waals surface area (Å²) in [5.74, 6) is 1.20. The van der Waals surface area contributed by atoms with E-state index in [9.17, 15) is 4.79 Å². The summed E-state index contributed by atoms with van der Waals surface area (Å²) in [5.41, 5.74) is 1.05. The highest BCUT2D eigenvalue weighted by Gasteiger charge is 2.05. The molecule has 0 aromatic heterocycles. The summed E-state index contributed by atoms with van der Waals surface area (Å²) >= 11 is 1.56. The Labute approximate surface area is 111 Å². The van der Waals surface area contributed by atoms with Crippen LogP contribution in [0.3, 0.4) is 0 Å². The molecule has 0 saturated heterocycles. The Bertz CT molecular complexity index is 429. The summed E-state index contributed by atoms with van der Waals surface area (Å²) in [4.78, 5) is 11.6. The molecule has 0 bridgehead atoms. The molecule has 5 heteroatoms. The van der Waals surface area contributed by atoms with Gasteiger partial charge >= 0.3 is 0 Å². The average molecular weight is 264 g/mol. The van der Waals surface area contributed by atoms with Crippen molar-refractivity contribution in [2.75, 3.05) is 30.5 Å². The zero-order valence-electron chi connectivity index (χ0n) is 10.3. The number of hydrogen-bond donors (Lipinski definition) is 1. The molecule has 0 unspecified atom stereocenters. The Kier molecular flexibility index (Phi) is 6.92. The standard InChI is InChI=1S/C13H16N2O2S/c1-17-7-4-8-18-10-13(16)15-12-6-3-2-5-11(12)9-14/h2-3,5-6H,4,7-8,10H2,1H3,(H,15,16). The normalized spacial score (nSPS) is 9.78. The predicted molar refractivity (Wildman–Crippen MR) is 73.6 cm³/mol. The number of para-hydroxylation sites is 1. The molecule has 0 atom stereocenters. The number of carbonyl (C=O) groups excluding carboxylic acids is 1. The minimum absolute atomic E-state index is 0.0832. The number of nitrogens with zero attached hydrogens (tertiary/aromatic N) is 1. The van der Waals surface area contributed by atoms with E-state index in [-0.39, 0.29) is 5.91 Å². The van der Waals surface area contributed by atoms with E-state index in [2.05, 4.69) is 5.32 Å².